The molecule has 0 spiro atoms. The van der Waals surface area contributed by atoms with Gasteiger partial charge in [-0.1, -0.05) is 182 Å². The second kappa shape index (κ2) is 26.9. The first-order valence-corrected chi connectivity index (χ1v) is 24.0. The lowest BCUT2D eigenvalue weighted by Gasteiger charge is -2.49. The maximum atomic E-state index is 12.5. The van der Waals surface area contributed by atoms with Crippen LogP contribution < -0.4 is 0 Å². The van der Waals surface area contributed by atoms with Gasteiger partial charge in [0.25, 0.3) is 0 Å². The lowest BCUT2D eigenvalue weighted by atomic mass is 9.96. The molecule has 0 aliphatic carbocycles. The third kappa shape index (κ3) is 15.4. The smallest absolute Gasteiger partial charge is 0.302 e. The first-order chi connectivity index (χ1) is 34.9. The summed E-state index contributed by atoms with van der Waals surface area (Å²) in [6.07, 6.45) is -9.82. The van der Waals surface area contributed by atoms with Crippen LogP contribution in [0.5, 0.6) is 0 Å². The molecular weight excluding hydrogens is 905 g/mol. The van der Waals surface area contributed by atoms with Gasteiger partial charge in [-0.25, -0.2) is 0 Å². The summed E-state index contributed by atoms with van der Waals surface area (Å²) >= 11 is 0. The Labute approximate surface area is 415 Å². The molecule has 0 saturated carbocycles. The molecule has 10 atom stereocenters. The minimum Gasteiger partial charge on any atom is -0.463 e. The Morgan fingerprint density at radius 1 is 0.338 bits per heavy atom. The van der Waals surface area contributed by atoms with E-state index in [1.165, 1.54) is 13.8 Å². The predicted octanol–water partition coefficient (Wildman–Crippen LogP) is 9.09. The van der Waals surface area contributed by atoms with Crippen LogP contribution in [0.3, 0.4) is 0 Å². The molecule has 0 aromatic heterocycles. The first kappa shape index (κ1) is 51.3. The zero-order valence-electron chi connectivity index (χ0n) is 40.1. The van der Waals surface area contributed by atoms with Gasteiger partial charge in [-0.15, -0.1) is 0 Å². The van der Waals surface area contributed by atoms with E-state index < -0.39 is 73.4 Å². The normalized spacial score (nSPS) is 24.2. The Kier molecular flexibility index (Phi) is 19.4. The van der Waals surface area contributed by atoms with Crippen molar-refractivity contribution in [3.05, 3.63) is 215 Å². The lowest BCUT2D eigenvalue weighted by molar-refractivity contribution is -0.393. The Morgan fingerprint density at radius 2 is 0.563 bits per heavy atom. The summed E-state index contributed by atoms with van der Waals surface area (Å²) < 4.78 is 73.6. The van der Waals surface area contributed by atoms with Crippen LogP contribution in [-0.4, -0.2) is 86.6 Å². The number of esters is 2. The highest BCUT2D eigenvalue weighted by atomic mass is 16.8. The van der Waals surface area contributed by atoms with Crippen molar-refractivity contribution in [1.29, 1.82) is 0 Å². The predicted molar refractivity (Wildman–Crippen MR) is 262 cm³/mol. The summed E-state index contributed by atoms with van der Waals surface area (Å²) in [6.45, 7) is 3.32. The number of ether oxygens (including phenoxy) is 11. The maximum absolute atomic E-state index is 12.5. The van der Waals surface area contributed by atoms with E-state index >= 15 is 0 Å². The van der Waals surface area contributed by atoms with E-state index in [1.807, 2.05) is 182 Å². The van der Waals surface area contributed by atoms with Gasteiger partial charge in [0, 0.05) is 13.8 Å². The molecule has 13 heteroatoms. The van der Waals surface area contributed by atoms with Crippen molar-refractivity contribution in [2.24, 2.45) is 0 Å². The fourth-order valence-corrected chi connectivity index (χ4v) is 8.51. The topological polar surface area (TPSA) is 136 Å². The number of hydrogen-bond donors (Lipinski definition) is 0. The molecule has 0 N–H and O–H groups in total. The molecule has 6 aromatic carbocycles. The molecule has 71 heavy (non-hydrogen) atoms. The monoisotopic (exact) mass is 966 g/mol. The summed E-state index contributed by atoms with van der Waals surface area (Å²) in [5, 5.41) is 0. The maximum Gasteiger partial charge on any atom is 0.302 e. The highest BCUT2D eigenvalue weighted by molar-refractivity contribution is 5.66. The van der Waals surface area contributed by atoms with Crippen LogP contribution in [0, 0.1) is 0 Å². The summed E-state index contributed by atoms with van der Waals surface area (Å²) in [5.41, 5.74) is 5.44. The van der Waals surface area contributed by atoms with E-state index in [0.29, 0.717) is 0 Å². The van der Waals surface area contributed by atoms with Gasteiger partial charge in [-0.3, -0.25) is 9.59 Å². The minimum absolute atomic E-state index is 0.146. The van der Waals surface area contributed by atoms with Gasteiger partial charge < -0.3 is 52.1 Å². The molecule has 0 radical (unpaired) electrons. The second-order valence-corrected chi connectivity index (χ2v) is 17.4. The average Bonchev–Trinajstić information content (AvgIpc) is 3.40. The Bertz CT molecular complexity index is 2280. The molecule has 0 bridgehead atoms. The zero-order valence-corrected chi connectivity index (χ0v) is 40.1. The van der Waals surface area contributed by atoms with Gasteiger partial charge in [0.15, 0.2) is 12.6 Å². The van der Waals surface area contributed by atoms with E-state index in [2.05, 4.69) is 0 Å². The van der Waals surface area contributed by atoms with Crippen LogP contribution in [0.1, 0.15) is 47.2 Å². The van der Waals surface area contributed by atoms with Crippen molar-refractivity contribution in [1.82, 2.24) is 0 Å². The quantitative estimate of drug-likeness (QED) is 0.0535. The fourth-order valence-electron chi connectivity index (χ4n) is 8.51. The molecular formula is C58H62O13. The van der Waals surface area contributed by atoms with E-state index in [0.717, 1.165) is 33.4 Å². The van der Waals surface area contributed by atoms with Crippen LogP contribution in [-0.2, 0) is 101 Å². The number of hydrogen-bond acceptors (Lipinski definition) is 13. The van der Waals surface area contributed by atoms with Crippen LogP contribution in [0.2, 0.25) is 0 Å². The largest absolute Gasteiger partial charge is 0.463 e. The van der Waals surface area contributed by atoms with E-state index in [1.54, 1.807) is 0 Å². The van der Waals surface area contributed by atoms with Gasteiger partial charge in [-0.05, 0) is 33.4 Å². The van der Waals surface area contributed by atoms with Crippen molar-refractivity contribution in [3.63, 3.8) is 0 Å². The number of carbonyl (C=O) groups is 2. The van der Waals surface area contributed by atoms with Gasteiger partial charge in [0.05, 0.1) is 39.6 Å². The molecule has 372 valence electrons. The zero-order chi connectivity index (χ0) is 49.0. The van der Waals surface area contributed by atoms with Gasteiger partial charge >= 0.3 is 11.9 Å². The third-order valence-corrected chi connectivity index (χ3v) is 12.1. The molecule has 2 aliphatic rings. The van der Waals surface area contributed by atoms with E-state index in [9.17, 15) is 9.59 Å². The molecule has 0 amide bonds. The summed E-state index contributed by atoms with van der Waals surface area (Å²) in [4.78, 5) is 25.1. The van der Waals surface area contributed by atoms with Crippen molar-refractivity contribution >= 4 is 11.9 Å². The molecule has 0 unspecified atom stereocenters. The Morgan fingerprint density at radius 3 is 0.803 bits per heavy atom. The Hall–Kier alpha value is -6.10. The van der Waals surface area contributed by atoms with Crippen LogP contribution in [0.4, 0.5) is 0 Å². The highest BCUT2D eigenvalue weighted by Gasteiger charge is 2.54. The van der Waals surface area contributed by atoms with Crippen LogP contribution in [0.15, 0.2) is 182 Å². The summed E-state index contributed by atoms with van der Waals surface area (Å²) in [5.74, 6) is -1.01. The SMILES string of the molecule is CC(=O)OC[C@H]1O[C@H](O[C@H]2O[C@H](COC(C)=O)[C@@H](OCc3ccccc3)[C@H](OCc3ccccc3)[C@@H]2OCc2ccccc2)[C@@H](OCc2ccccc2)[C@@H](OCc2ccccc2)[C@@H]1OCc1ccccc1. The average molecular weight is 967 g/mol. The number of benzene rings is 6. The Balaban J connectivity index is 1.20. The number of carbonyl (C=O) groups excluding carboxylic acids is 2. The van der Waals surface area contributed by atoms with Crippen LogP contribution >= 0.6 is 0 Å². The number of rotatable bonds is 24. The molecule has 2 aliphatic heterocycles. The molecule has 13 nitrogen and oxygen atoms in total. The van der Waals surface area contributed by atoms with E-state index in [4.69, 9.17) is 52.1 Å². The minimum atomic E-state index is -1.27. The van der Waals surface area contributed by atoms with Crippen molar-refractivity contribution in [2.45, 2.75) is 115 Å². The van der Waals surface area contributed by atoms with Crippen molar-refractivity contribution in [2.75, 3.05) is 13.2 Å². The molecule has 2 heterocycles. The fraction of sp³-hybridized carbons (Fsp3) is 0.345. The van der Waals surface area contributed by atoms with E-state index in [-0.39, 0.29) is 52.9 Å². The van der Waals surface area contributed by atoms with Gasteiger partial charge in [0.1, 0.15) is 62.0 Å². The van der Waals surface area contributed by atoms with Gasteiger partial charge in [-0.2, -0.15) is 0 Å². The summed E-state index contributed by atoms with van der Waals surface area (Å²) in [6, 6.07) is 58.6. The molecule has 2 fully saturated rings. The molecule has 6 aromatic rings. The van der Waals surface area contributed by atoms with Crippen molar-refractivity contribution < 1.29 is 61.7 Å². The van der Waals surface area contributed by atoms with Gasteiger partial charge in [0.2, 0.25) is 0 Å². The molecule has 8 rings (SSSR count). The highest BCUT2D eigenvalue weighted by Crippen LogP contribution is 2.37. The standard InChI is InChI=1S/C58H62O13/c1-41(59)61-39-49-51(63-33-43-21-9-3-10-22-43)53(65-35-45-25-13-5-14-26-45)55(67-37-47-29-17-7-18-30-47)57(69-49)71-58-56(68-38-48-31-19-8-20-32-48)54(66-36-46-27-15-6-16-28-46)52(50(70-58)40-62-42(2)60)64-34-44-23-11-4-12-24-44/h3-32,49-58H,33-40H2,1-2H3/t49-,50-,51-,52-,53+,54+,55+,56+,57-,58-/m1/s1. The molecule has 2 saturated heterocycles. The lowest BCUT2D eigenvalue weighted by Crippen LogP contribution is -2.66. The van der Waals surface area contributed by atoms with Crippen molar-refractivity contribution in [3.8, 4) is 0 Å². The third-order valence-electron chi connectivity index (χ3n) is 12.1. The van der Waals surface area contributed by atoms with Crippen LogP contribution in [0.25, 0.3) is 0 Å². The second-order valence-electron chi connectivity index (χ2n) is 17.4. The first-order valence-electron chi connectivity index (χ1n) is 24.0. The summed E-state index contributed by atoms with van der Waals surface area (Å²) in [7, 11) is 0.